The monoisotopic (exact) mass is 931 g/mol. The van der Waals surface area contributed by atoms with Gasteiger partial charge in [0.05, 0.1) is 0 Å². The Morgan fingerprint density at radius 3 is 0.758 bits per heavy atom. The molecular formula is C60H114O6. The van der Waals surface area contributed by atoms with Crippen LogP contribution in [0.15, 0.2) is 12.2 Å². The van der Waals surface area contributed by atoms with Crippen LogP contribution >= 0.6 is 0 Å². The maximum atomic E-state index is 12.9. The van der Waals surface area contributed by atoms with Crippen LogP contribution in [0, 0.1) is 0 Å². The average molecular weight is 932 g/mol. The summed E-state index contributed by atoms with van der Waals surface area (Å²) in [7, 11) is 0. The molecule has 0 bridgehead atoms. The topological polar surface area (TPSA) is 78.9 Å². The van der Waals surface area contributed by atoms with E-state index >= 15 is 0 Å². The van der Waals surface area contributed by atoms with Gasteiger partial charge in [0.15, 0.2) is 6.10 Å². The third kappa shape index (κ3) is 53.1. The Balaban J connectivity index is 4.30. The van der Waals surface area contributed by atoms with Crippen molar-refractivity contribution in [3.8, 4) is 0 Å². The van der Waals surface area contributed by atoms with Gasteiger partial charge in [-0.05, 0) is 44.9 Å². The lowest BCUT2D eigenvalue weighted by Crippen LogP contribution is -2.30. The Morgan fingerprint density at radius 1 is 0.288 bits per heavy atom. The number of allylic oxidation sites excluding steroid dienone is 2. The molecule has 6 heteroatoms. The maximum absolute atomic E-state index is 12.9. The van der Waals surface area contributed by atoms with Gasteiger partial charge in [-0.3, -0.25) is 14.4 Å². The third-order valence-corrected chi connectivity index (χ3v) is 13.5. The van der Waals surface area contributed by atoms with Crippen LogP contribution in [-0.4, -0.2) is 37.2 Å². The minimum absolute atomic E-state index is 0.0663. The first-order valence-electron chi connectivity index (χ1n) is 29.7. The predicted octanol–water partition coefficient (Wildman–Crippen LogP) is 19.7. The highest BCUT2D eigenvalue weighted by Crippen LogP contribution is 2.17. The average Bonchev–Trinajstić information content (AvgIpc) is 3.31. The van der Waals surface area contributed by atoms with E-state index < -0.39 is 6.10 Å². The molecule has 0 unspecified atom stereocenters. The molecule has 0 N–H and O–H groups in total. The first-order chi connectivity index (χ1) is 32.5. The summed E-state index contributed by atoms with van der Waals surface area (Å²) in [6.45, 7) is 6.69. The van der Waals surface area contributed by atoms with E-state index in [-0.39, 0.29) is 31.1 Å². The smallest absolute Gasteiger partial charge is 0.306 e. The Labute approximate surface area is 411 Å². The minimum atomic E-state index is -0.767. The van der Waals surface area contributed by atoms with Gasteiger partial charge in [-0.15, -0.1) is 0 Å². The molecule has 0 radical (unpaired) electrons. The van der Waals surface area contributed by atoms with Gasteiger partial charge < -0.3 is 14.2 Å². The van der Waals surface area contributed by atoms with Crippen molar-refractivity contribution in [1.82, 2.24) is 0 Å². The first-order valence-corrected chi connectivity index (χ1v) is 29.7. The first kappa shape index (κ1) is 64.2. The molecule has 0 aliphatic heterocycles. The molecule has 0 amide bonds. The van der Waals surface area contributed by atoms with Gasteiger partial charge in [0, 0.05) is 19.3 Å². The van der Waals surface area contributed by atoms with E-state index in [9.17, 15) is 14.4 Å². The van der Waals surface area contributed by atoms with Crippen LogP contribution in [0.25, 0.3) is 0 Å². The largest absolute Gasteiger partial charge is 0.462 e. The molecule has 1 atom stereocenters. The molecule has 0 rings (SSSR count). The van der Waals surface area contributed by atoms with E-state index in [1.54, 1.807) is 0 Å². The van der Waals surface area contributed by atoms with Gasteiger partial charge >= 0.3 is 17.9 Å². The molecular weight excluding hydrogens is 817 g/mol. The molecule has 0 aliphatic carbocycles. The van der Waals surface area contributed by atoms with Crippen LogP contribution in [0.1, 0.15) is 335 Å². The third-order valence-electron chi connectivity index (χ3n) is 13.5. The molecule has 0 saturated carbocycles. The Hall–Kier alpha value is -1.85. The molecule has 0 heterocycles. The molecule has 390 valence electrons. The van der Waals surface area contributed by atoms with Gasteiger partial charge in [-0.25, -0.2) is 0 Å². The lowest BCUT2D eigenvalue weighted by atomic mass is 10.0. The van der Waals surface area contributed by atoms with E-state index in [0.29, 0.717) is 19.3 Å². The van der Waals surface area contributed by atoms with Crippen molar-refractivity contribution < 1.29 is 28.6 Å². The Morgan fingerprint density at radius 2 is 0.500 bits per heavy atom. The number of esters is 3. The van der Waals surface area contributed by atoms with Gasteiger partial charge in [-0.1, -0.05) is 283 Å². The van der Waals surface area contributed by atoms with E-state index in [1.807, 2.05) is 0 Å². The lowest BCUT2D eigenvalue weighted by molar-refractivity contribution is -0.167. The zero-order valence-corrected chi connectivity index (χ0v) is 44.7. The fourth-order valence-corrected chi connectivity index (χ4v) is 9.03. The number of hydrogen-bond acceptors (Lipinski definition) is 6. The second kappa shape index (κ2) is 55.7. The van der Waals surface area contributed by atoms with Crippen molar-refractivity contribution in [3.05, 3.63) is 12.2 Å². The van der Waals surface area contributed by atoms with Crippen molar-refractivity contribution in [1.29, 1.82) is 0 Å². The van der Waals surface area contributed by atoms with Gasteiger partial charge in [0.25, 0.3) is 0 Å². The minimum Gasteiger partial charge on any atom is -0.462 e. The molecule has 0 aromatic carbocycles. The van der Waals surface area contributed by atoms with Crippen LogP contribution in [0.5, 0.6) is 0 Å². The molecule has 0 aliphatic rings. The van der Waals surface area contributed by atoms with Crippen molar-refractivity contribution in [2.24, 2.45) is 0 Å². The summed E-state index contributed by atoms with van der Waals surface area (Å²) >= 11 is 0. The molecule has 66 heavy (non-hydrogen) atoms. The van der Waals surface area contributed by atoms with E-state index in [0.717, 1.165) is 64.2 Å². The zero-order chi connectivity index (χ0) is 47.9. The van der Waals surface area contributed by atoms with Crippen molar-refractivity contribution in [2.45, 2.75) is 341 Å². The highest BCUT2D eigenvalue weighted by molar-refractivity contribution is 5.71. The second-order valence-electron chi connectivity index (χ2n) is 20.3. The lowest BCUT2D eigenvalue weighted by Gasteiger charge is -2.18. The van der Waals surface area contributed by atoms with E-state index in [1.165, 1.54) is 231 Å². The van der Waals surface area contributed by atoms with Crippen molar-refractivity contribution in [2.75, 3.05) is 13.2 Å². The second-order valence-corrected chi connectivity index (χ2v) is 20.3. The summed E-state index contributed by atoms with van der Waals surface area (Å²) < 4.78 is 16.9. The number of hydrogen-bond donors (Lipinski definition) is 0. The quantitative estimate of drug-likeness (QED) is 0.0262. The summed E-state index contributed by atoms with van der Waals surface area (Å²) in [5.41, 5.74) is 0. The van der Waals surface area contributed by atoms with Crippen molar-refractivity contribution >= 4 is 17.9 Å². The standard InChI is InChI=1S/C60H114O6/c1-4-7-10-13-16-19-22-25-28-30-31-33-35-38-41-44-47-50-53-59(62)65-56-57(55-64-58(61)52-49-46-43-40-37-34-27-24-21-18-15-12-9-6-3)66-60(63)54-51-48-45-42-39-36-32-29-26-23-20-17-14-11-8-5-2/h24,27,57H,4-23,25-26,28-56H2,1-3H3/b27-24-/t57-/m1/s1. The molecule has 6 nitrogen and oxygen atoms in total. The number of carbonyl (C=O) groups is 3. The summed E-state index contributed by atoms with van der Waals surface area (Å²) in [6.07, 6.45) is 63.4. The summed E-state index contributed by atoms with van der Waals surface area (Å²) in [5.74, 6) is -0.849. The van der Waals surface area contributed by atoms with E-state index in [2.05, 4.69) is 32.9 Å². The van der Waals surface area contributed by atoms with Crippen molar-refractivity contribution in [3.63, 3.8) is 0 Å². The van der Waals surface area contributed by atoms with Crippen LogP contribution < -0.4 is 0 Å². The van der Waals surface area contributed by atoms with Crippen LogP contribution in [0.3, 0.4) is 0 Å². The molecule has 0 fully saturated rings. The number of ether oxygens (including phenoxy) is 3. The van der Waals surface area contributed by atoms with Crippen LogP contribution in [0.4, 0.5) is 0 Å². The predicted molar refractivity (Wildman–Crippen MR) is 284 cm³/mol. The Bertz CT molecular complexity index is 1020. The zero-order valence-electron chi connectivity index (χ0n) is 44.7. The molecule has 0 saturated heterocycles. The molecule has 0 aromatic rings. The molecule has 0 aromatic heterocycles. The maximum Gasteiger partial charge on any atom is 0.306 e. The number of carbonyl (C=O) groups excluding carboxylic acids is 3. The highest BCUT2D eigenvalue weighted by atomic mass is 16.6. The van der Waals surface area contributed by atoms with Gasteiger partial charge in [0.2, 0.25) is 0 Å². The summed E-state index contributed by atoms with van der Waals surface area (Å²) in [6, 6.07) is 0. The van der Waals surface area contributed by atoms with Gasteiger partial charge in [0.1, 0.15) is 13.2 Å². The number of rotatable bonds is 55. The van der Waals surface area contributed by atoms with Gasteiger partial charge in [-0.2, -0.15) is 0 Å². The highest BCUT2D eigenvalue weighted by Gasteiger charge is 2.19. The summed E-state index contributed by atoms with van der Waals surface area (Å²) in [5, 5.41) is 0. The number of unbranched alkanes of at least 4 members (excludes halogenated alkanes) is 42. The summed E-state index contributed by atoms with van der Waals surface area (Å²) in [4.78, 5) is 38.2. The fourth-order valence-electron chi connectivity index (χ4n) is 9.03. The van der Waals surface area contributed by atoms with E-state index in [4.69, 9.17) is 14.2 Å². The fraction of sp³-hybridized carbons (Fsp3) is 0.917. The molecule has 0 spiro atoms. The Kier molecular flexibility index (Phi) is 54.2. The van der Waals surface area contributed by atoms with Crippen LogP contribution in [0.2, 0.25) is 0 Å². The van der Waals surface area contributed by atoms with Crippen LogP contribution in [-0.2, 0) is 28.6 Å². The normalized spacial score (nSPS) is 12.0. The SMILES string of the molecule is CCCCCCC/C=C\CCCCCCCC(=O)OC[C@H](COC(=O)CCCCCCCCCCCCCCCCCCCC)OC(=O)CCCCCCCCCCCCCCCCCC.